The Morgan fingerprint density at radius 2 is 1.25 bits per heavy atom. The van der Waals surface area contributed by atoms with Crippen LogP contribution in [0.3, 0.4) is 0 Å². The summed E-state index contributed by atoms with van der Waals surface area (Å²) >= 11 is 0. The fourth-order valence-corrected chi connectivity index (χ4v) is 1.68. The Hall–Kier alpha value is -0.0800. The van der Waals surface area contributed by atoms with E-state index >= 15 is 0 Å². The fourth-order valence-electron chi connectivity index (χ4n) is 1.68. The molecule has 100 valence electrons. The summed E-state index contributed by atoms with van der Waals surface area (Å²) in [5.74, 6) is 0.580. The summed E-state index contributed by atoms with van der Waals surface area (Å²) in [5, 5.41) is 16.7. The van der Waals surface area contributed by atoms with Crippen molar-refractivity contribution in [3.8, 4) is 0 Å². The van der Waals surface area contributed by atoms with Crippen LogP contribution in [0.1, 0.15) is 72.1 Å². The topological polar surface area (TPSA) is 40.5 Å². The molecule has 0 heterocycles. The Balaban J connectivity index is 0. The van der Waals surface area contributed by atoms with Crippen LogP contribution in [-0.4, -0.2) is 23.4 Å². The van der Waals surface area contributed by atoms with Crippen molar-refractivity contribution in [3.63, 3.8) is 0 Å². The zero-order valence-corrected chi connectivity index (χ0v) is 11.5. The summed E-state index contributed by atoms with van der Waals surface area (Å²) in [6.45, 7) is 6.78. The van der Waals surface area contributed by atoms with Crippen molar-refractivity contribution in [2.45, 2.75) is 72.1 Å². The monoisotopic (exact) mass is 232 g/mol. The zero-order chi connectivity index (χ0) is 12.6. The number of rotatable bonds is 9. The van der Waals surface area contributed by atoms with E-state index in [1.807, 2.05) is 0 Å². The maximum Gasteiger partial charge on any atom is 0.0459 e. The van der Waals surface area contributed by atoms with E-state index in [0.29, 0.717) is 12.5 Å². The van der Waals surface area contributed by atoms with Gasteiger partial charge in [0.25, 0.3) is 0 Å². The predicted octanol–water partition coefficient (Wildman–Crippen LogP) is 3.75. The number of hydrogen-bond donors (Lipinski definition) is 2. The first-order valence-corrected chi connectivity index (χ1v) is 6.98. The lowest BCUT2D eigenvalue weighted by atomic mass is 9.96. The minimum Gasteiger partial charge on any atom is -0.397 e. The summed E-state index contributed by atoms with van der Waals surface area (Å²) in [5.41, 5.74) is 0. The highest BCUT2D eigenvalue weighted by atomic mass is 16.3. The second-order valence-electron chi connectivity index (χ2n) is 4.36. The Morgan fingerprint density at radius 3 is 1.69 bits per heavy atom. The van der Waals surface area contributed by atoms with Gasteiger partial charge in [0.05, 0.1) is 0 Å². The standard InChI is InChI=1S/C12H26O.C2H6O/c1-3-5-7-8-10-12(11-13)9-6-4-2;1-2-3/h12-13H,3-11H2,1-2H3;3H,2H2,1H3. The average molecular weight is 232 g/mol. The minimum atomic E-state index is 0.250. The molecule has 0 aromatic rings. The van der Waals surface area contributed by atoms with Crippen molar-refractivity contribution >= 4 is 0 Å². The number of hydrogen-bond acceptors (Lipinski definition) is 2. The van der Waals surface area contributed by atoms with Gasteiger partial charge in [0.15, 0.2) is 0 Å². The second kappa shape index (κ2) is 17.3. The molecule has 0 bridgehead atoms. The summed E-state index contributed by atoms with van der Waals surface area (Å²) in [4.78, 5) is 0. The number of unbranched alkanes of at least 4 members (excludes halogenated alkanes) is 4. The van der Waals surface area contributed by atoms with Gasteiger partial charge in [-0.15, -0.1) is 0 Å². The fraction of sp³-hybridized carbons (Fsp3) is 1.00. The van der Waals surface area contributed by atoms with E-state index in [-0.39, 0.29) is 6.61 Å². The Kier molecular flexibility index (Phi) is 19.8. The molecular formula is C14H32O2. The normalized spacial score (nSPS) is 11.8. The molecule has 0 saturated carbocycles. The summed E-state index contributed by atoms with van der Waals surface area (Å²) < 4.78 is 0. The Labute approximate surface area is 102 Å². The van der Waals surface area contributed by atoms with Gasteiger partial charge in [0, 0.05) is 13.2 Å². The van der Waals surface area contributed by atoms with E-state index < -0.39 is 0 Å². The Morgan fingerprint density at radius 1 is 0.750 bits per heavy atom. The highest BCUT2D eigenvalue weighted by Gasteiger charge is 2.05. The van der Waals surface area contributed by atoms with Gasteiger partial charge in [-0.25, -0.2) is 0 Å². The second-order valence-corrected chi connectivity index (χ2v) is 4.36. The van der Waals surface area contributed by atoms with Crippen LogP contribution in [0.25, 0.3) is 0 Å². The summed E-state index contributed by atoms with van der Waals surface area (Å²) in [6, 6.07) is 0. The van der Waals surface area contributed by atoms with Crippen LogP contribution >= 0.6 is 0 Å². The quantitative estimate of drug-likeness (QED) is 0.594. The number of aliphatic hydroxyl groups is 2. The predicted molar refractivity (Wildman–Crippen MR) is 71.6 cm³/mol. The van der Waals surface area contributed by atoms with E-state index in [4.69, 9.17) is 10.2 Å². The molecule has 0 aliphatic carbocycles. The van der Waals surface area contributed by atoms with Gasteiger partial charge in [-0.05, 0) is 25.7 Å². The molecule has 2 N–H and O–H groups in total. The highest BCUT2D eigenvalue weighted by molar-refractivity contribution is 4.58. The van der Waals surface area contributed by atoms with E-state index in [2.05, 4.69) is 13.8 Å². The van der Waals surface area contributed by atoms with Crippen LogP contribution in [0.4, 0.5) is 0 Å². The Bertz CT molecular complexity index is 105. The van der Waals surface area contributed by atoms with Crippen LogP contribution < -0.4 is 0 Å². The SMILES string of the molecule is CCCCCCC(CO)CCCC.CCO. The molecule has 0 aromatic carbocycles. The molecule has 0 rings (SSSR count). The smallest absolute Gasteiger partial charge is 0.0459 e. The minimum absolute atomic E-state index is 0.250. The van der Waals surface area contributed by atoms with Gasteiger partial charge in [0.1, 0.15) is 0 Å². The maximum absolute atomic E-state index is 9.11. The first-order chi connectivity index (χ1) is 7.76. The molecule has 1 unspecified atom stereocenters. The lowest BCUT2D eigenvalue weighted by Crippen LogP contribution is -2.05. The summed E-state index contributed by atoms with van der Waals surface area (Å²) in [7, 11) is 0. The van der Waals surface area contributed by atoms with Crippen LogP contribution in [0.15, 0.2) is 0 Å². The first kappa shape index (κ1) is 18.3. The van der Waals surface area contributed by atoms with E-state index in [9.17, 15) is 0 Å². The van der Waals surface area contributed by atoms with Crippen molar-refractivity contribution < 1.29 is 10.2 Å². The zero-order valence-electron chi connectivity index (χ0n) is 11.5. The molecular weight excluding hydrogens is 200 g/mol. The molecule has 2 nitrogen and oxygen atoms in total. The van der Waals surface area contributed by atoms with Crippen LogP contribution in [0, 0.1) is 5.92 Å². The molecule has 0 aliphatic heterocycles. The molecule has 0 amide bonds. The molecule has 0 saturated heterocycles. The molecule has 0 radical (unpaired) electrons. The lowest BCUT2D eigenvalue weighted by Gasteiger charge is -2.12. The lowest BCUT2D eigenvalue weighted by molar-refractivity contribution is 0.205. The third kappa shape index (κ3) is 16.4. The maximum atomic E-state index is 9.11. The van der Waals surface area contributed by atoms with Gasteiger partial charge in [-0.1, -0.05) is 52.4 Å². The van der Waals surface area contributed by atoms with Crippen LogP contribution in [-0.2, 0) is 0 Å². The van der Waals surface area contributed by atoms with Crippen molar-refractivity contribution in [1.82, 2.24) is 0 Å². The van der Waals surface area contributed by atoms with E-state index in [1.165, 1.54) is 51.4 Å². The number of aliphatic hydroxyl groups excluding tert-OH is 2. The third-order valence-corrected chi connectivity index (χ3v) is 2.69. The molecule has 1 atom stereocenters. The first-order valence-electron chi connectivity index (χ1n) is 6.98. The molecule has 0 fully saturated rings. The largest absolute Gasteiger partial charge is 0.397 e. The van der Waals surface area contributed by atoms with Gasteiger partial charge < -0.3 is 10.2 Å². The van der Waals surface area contributed by atoms with E-state index in [1.54, 1.807) is 6.92 Å². The van der Waals surface area contributed by atoms with Gasteiger partial charge in [-0.3, -0.25) is 0 Å². The molecule has 0 aromatic heterocycles. The molecule has 16 heavy (non-hydrogen) atoms. The van der Waals surface area contributed by atoms with Gasteiger partial charge in [-0.2, -0.15) is 0 Å². The highest BCUT2D eigenvalue weighted by Crippen LogP contribution is 2.16. The van der Waals surface area contributed by atoms with Crippen LogP contribution in [0.2, 0.25) is 0 Å². The average Bonchev–Trinajstić information content (AvgIpc) is 2.29. The third-order valence-electron chi connectivity index (χ3n) is 2.69. The van der Waals surface area contributed by atoms with E-state index in [0.717, 1.165) is 0 Å². The van der Waals surface area contributed by atoms with Crippen molar-refractivity contribution in [2.24, 2.45) is 5.92 Å². The molecule has 0 spiro atoms. The van der Waals surface area contributed by atoms with Crippen molar-refractivity contribution in [1.29, 1.82) is 0 Å². The van der Waals surface area contributed by atoms with Crippen molar-refractivity contribution in [3.05, 3.63) is 0 Å². The van der Waals surface area contributed by atoms with Crippen LogP contribution in [0.5, 0.6) is 0 Å². The van der Waals surface area contributed by atoms with Gasteiger partial charge in [0.2, 0.25) is 0 Å². The van der Waals surface area contributed by atoms with Crippen molar-refractivity contribution in [2.75, 3.05) is 13.2 Å². The van der Waals surface area contributed by atoms with Gasteiger partial charge >= 0.3 is 0 Å². The summed E-state index contributed by atoms with van der Waals surface area (Å²) in [6.07, 6.45) is 10.3. The molecule has 0 aliphatic rings. The molecule has 2 heteroatoms.